The van der Waals surface area contributed by atoms with Crippen LogP contribution in [0.5, 0.6) is 0 Å². The highest BCUT2D eigenvalue weighted by Crippen LogP contribution is 2.26. The van der Waals surface area contributed by atoms with Crippen LogP contribution in [-0.4, -0.2) is 85.2 Å². The molecule has 0 spiro atoms. The van der Waals surface area contributed by atoms with Gasteiger partial charge < -0.3 is 14.5 Å². The Balaban J connectivity index is 1.48. The minimum atomic E-state index is -0.327. The van der Waals surface area contributed by atoms with E-state index >= 15 is 0 Å². The largest absolute Gasteiger partial charge is 0.378 e. The van der Waals surface area contributed by atoms with Crippen molar-refractivity contribution in [2.24, 2.45) is 0 Å². The molecule has 0 saturated carbocycles. The van der Waals surface area contributed by atoms with E-state index in [1.165, 1.54) is 16.2 Å². The van der Waals surface area contributed by atoms with Gasteiger partial charge in [0.25, 0.3) is 5.91 Å². The number of fused-ring (bicyclic) bond motifs is 1. The van der Waals surface area contributed by atoms with E-state index in [4.69, 9.17) is 4.74 Å². The maximum absolute atomic E-state index is 12.5. The standard InChI is InChI=1S/C19H26N4O3/c1-2-22-18(24)17-14-20(7-8-23(17)19(22)25)13-15-5-3-4-6-16(15)21-9-11-26-12-10-21/h3-6,17H,2,7-14H2,1H3. The zero-order chi connectivity index (χ0) is 18.1. The summed E-state index contributed by atoms with van der Waals surface area (Å²) >= 11 is 0. The van der Waals surface area contributed by atoms with Gasteiger partial charge in [0, 0.05) is 51.5 Å². The van der Waals surface area contributed by atoms with Gasteiger partial charge in [0.1, 0.15) is 6.04 Å². The van der Waals surface area contributed by atoms with E-state index < -0.39 is 0 Å². The molecule has 3 saturated heterocycles. The first-order valence-electron chi connectivity index (χ1n) is 9.44. The highest BCUT2D eigenvalue weighted by Gasteiger charge is 2.46. The van der Waals surface area contributed by atoms with Crippen LogP contribution in [0, 0.1) is 0 Å². The van der Waals surface area contributed by atoms with Gasteiger partial charge in [-0.1, -0.05) is 18.2 Å². The Morgan fingerprint density at radius 2 is 1.85 bits per heavy atom. The molecule has 140 valence electrons. The minimum Gasteiger partial charge on any atom is -0.378 e. The Morgan fingerprint density at radius 3 is 2.62 bits per heavy atom. The second-order valence-electron chi connectivity index (χ2n) is 7.04. The molecule has 1 atom stereocenters. The predicted molar refractivity (Wildman–Crippen MR) is 98.0 cm³/mol. The third kappa shape index (κ3) is 3.05. The first kappa shape index (κ1) is 17.3. The molecular weight excluding hydrogens is 332 g/mol. The number of para-hydroxylation sites is 1. The molecule has 3 fully saturated rings. The first-order chi connectivity index (χ1) is 12.7. The van der Waals surface area contributed by atoms with Crippen LogP contribution in [0.2, 0.25) is 0 Å². The number of hydrogen-bond donors (Lipinski definition) is 0. The molecule has 0 aromatic heterocycles. The molecule has 1 unspecified atom stereocenters. The molecule has 26 heavy (non-hydrogen) atoms. The van der Waals surface area contributed by atoms with Gasteiger partial charge in [-0.25, -0.2) is 4.79 Å². The normalized spacial score (nSPS) is 24.3. The zero-order valence-electron chi connectivity index (χ0n) is 15.3. The van der Waals surface area contributed by atoms with E-state index in [2.05, 4.69) is 34.1 Å². The summed E-state index contributed by atoms with van der Waals surface area (Å²) in [7, 11) is 0. The lowest BCUT2D eigenvalue weighted by molar-refractivity contribution is -0.129. The molecule has 0 N–H and O–H groups in total. The van der Waals surface area contributed by atoms with Gasteiger partial charge in [0.15, 0.2) is 0 Å². The van der Waals surface area contributed by atoms with Crippen LogP contribution < -0.4 is 4.90 Å². The van der Waals surface area contributed by atoms with Gasteiger partial charge in [0.2, 0.25) is 0 Å². The Bertz CT molecular complexity index is 689. The van der Waals surface area contributed by atoms with Crippen molar-refractivity contribution in [1.29, 1.82) is 0 Å². The third-order valence-corrected chi connectivity index (χ3v) is 5.55. The highest BCUT2D eigenvalue weighted by atomic mass is 16.5. The number of amides is 3. The summed E-state index contributed by atoms with van der Waals surface area (Å²) < 4.78 is 5.47. The zero-order valence-corrected chi connectivity index (χ0v) is 15.3. The summed E-state index contributed by atoms with van der Waals surface area (Å²) in [5, 5.41) is 0. The lowest BCUT2D eigenvalue weighted by Crippen LogP contribution is -2.52. The maximum atomic E-state index is 12.5. The molecule has 7 nitrogen and oxygen atoms in total. The molecule has 7 heteroatoms. The average molecular weight is 358 g/mol. The summed E-state index contributed by atoms with van der Waals surface area (Å²) in [5.41, 5.74) is 2.52. The number of likely N-dealkylation sites (N-methyl/N-ethyl adjacent to an activating group) is 1. The van der Waals surface area contributed by atoms with E-state index in [0.717, 1.165) is 39.4 Å². The molecule has 1 aromatic rings. The Hall–Kier alpha value is -2.12. The van der Waals surface area contributed by atoms with E-state index in [9.17, 15) is 9.59 Å². The number of ether oxygens (including phenoxy) is 1. The Labute approximate surface area is 154 Å². The highest BCUT2D eigenvalue weighted by molar-refractivity contribution is 6.04. The van der Waals surface area contributed by atoms with Crippen molar-refractivity contribution in [3.05, 3.63) is 29.8 Å². The van der Waals surface area contributed by atoms with Crippen molar-refractivity contribution in [1.82, 2.24) is 14.7 Å². The number of benzene rings is 1. The number of carbonyl (C=O) groups excluding carboxylic acids is 2. The molecule has 3 aliphatic rings. The van der Waals surface area contributed by atoms with Gasteiger partial charge in [-0.2, -0.15) is 0 Å². The molecule has 3 aliphatic heterocycles. The van der Waals surface area contributed by atoms with Crippen LogP contribution in [0.25, 0.3) is 0 Å². The fourth-order valence-electron chi connectivity index (χ4n) is 4.14. The first-order valence-corrected chi connectivity index (χ1v) is 9.44. The minimum absolute atomic E-state index is 0.0522. The maximum Gasteiger partial charge on any atom is 0.327 e. The lowest BCUT2D eigenvalue weighted by Gasteiger charge is -2.36. The number of piperazine rings is 1. The average Bonchev–Trinajstić information content (AvgIpc) is 2.92. The molecule has 4 rings (SSSR count). The fraction of sp³-hybridized carbons (Fsp3) is 0.579. The summed E-state index contributed by atoms with van der Waals surface area (Å²) in [6, 6.07) is 8.02. The van der Waals surface area contributed by atoms with Crippen LogP contribution in [0.4, 0.5) is 10.5 Å². The van der Waals surface area contributed by atoms with Crippen molar-refractivity contribution >= 4 is 17.6 Å². The Kier molecular flexibility index (Phi) is 4.82. The number of morpholine rings is 1. The molecular formula is C19H26N4O3. The number of hydrogen-bond acceptors (Lipinski definition) is 5. The number of carbonyl (C=O) groups is 2. The molecule has 1 aromatic carbocycles. The van der Waals surface area contributed by atoms with Crippen LogP contribution in [0.3, 0.4) is 0 Å². The fourth-order valence-corrected chi connectivity index (χ4v) is 4.14. The SMILES string of the molecule is CCN1C(=O)C2CN(Cc3ccccc3N3CCOCC3)CCN2C1=O. The molecule has 0 aliphatic carbocycles. The van der Waals surface area contributed by atoms with E-state index in [1.54, 1.807) is 4.90 Å². The number of anilines is 1. The predicted octanol–water partition coefficient (Wildman–Crippen LogP) is 0.992. The van der Waals surface area contributed by atoms with Crippen molar-refractivity contribution < 1.29 is 14.3 Å². The van der Waals surface area contributed by atoms with Gasteiger partial charge in [0.05, 0.1) is 13.2 Å². The van der Waals surface area contributed by atoms with Gasteiger partial charge in [-0.15, -0.1) is 0 Å². The quantitative estimate of drug-likeness (QED) is 0.752. The summed E-state index contributed by atoms with van der Waals surface area (Å²) in [4.78, 5) is 32.6. The monoisotopic (exact) mass is 358 g/mol. The molecule has 3 amide bonds. The van der Waals surface area contributed by atoms with Crippen molar-refractivity contribution in [3.63, 3.8) is 0 Å². The van der Waals surface area contributed by atoms with Crippen LogP contribution >= 0.6 is 0 Å². The summed E-state index contributed by atoms with van der Waals surface area (Å²) in [6.45, 7) is 8.46. The number of rotatable bonds is 4. The molecule has 0 radical (unpaired) electrons. The number of imide groups is 1. The molecule has 3 heterocycles. The van der Waals surface area contributed by atoms with Crippen LogP contribution in [0.15, 0.2) is 24.3 Å². The second kappa shape index (κ2) is 7.25. The Morgan fingerprint density at radius 1 is 1.08 bits per heavy atom. The van der Waals surface area contributed by atoms with Crippen LogP contribution in [-0.2, 0) is 16.1 Å². The van der Waals surface area contributed by atoms with Gasteiger partial charge >= 0.3 is 6.03 Å². The van der Waals surface area contributed by atoms with E-state index in [1.807, 2.05) is 6.92 Å². The van der Waals surface area contributed by atoms with Crippen molar-refractivity contribution in [2.75, 3.05) is 57.4 Å². The number of urea groups is 1. The lowest BCUT2D eigenvalue weighted by atomic mass is 10.1. The third-order valence-electron chi connectivity index (χ3n) is 5.55. The van der Waals surface area contributed by atoms with Crippen molar-refractivity contribution in [2.45, 2.75) is 19.5 Å². The van der Waals surface area contributed by atoms with E-state index in [0.29, 0.717) is 19.6 Å². The van der Waals surface area contributed by atoms with Gasteiger partial charge in [-0.3, -0.25) is 14.6 Å². The van der Waals surface area contributed by atoms with Gasteiger partial charge in [-0.05, 0) is 18.6 Å². The summed E-state index contributed by atoms with van der Waals surface area (Å²) in [6.07, 6.45) is 0. The number of nitrogens with zero attached hydrogens (tertiary/aromatic N) is 4. The smallest absolute Gasteiger partial charge is 0.327 e. The van der Waals surface area contributed by atoms with Crippen LogP contribution in [0.1, 0.15) is 12.5 Å². The van der Waals surface area contributed by atoms with E-state index in [-0.39, 0.29) is 18.0 Å². The summed E-state index contributed by atoms with van der Waals surface area (Å²) in [5.74, 6) is -0.0522. The second-order valence-corrected chi connectivity index (χ2v) is 7.04. The topological polar surface area (TPSA) is 56.3 Å². The molecule has 0 bridgehead atoms. The van der Waals surface area contributed by atoms with Crippen molar-refractivity contribution in [3.8, 4) is 0 Å².